The first kappa shape index (κ1) is 19.3. The van der Waals surface area contributed by atoms with Crippen LogP contribution in [0.1, 0.15) is 55.5 Å². The minimum Gasteiger partial charge on any atom is -0.378 e. The molecule has 1 N–H and O–H groups in total. The molecule has 5 aliphatic heterocycles. The van der Waals surface area contributed by atoms with Crippen LogP contribution in [0.5, 0.6) is 0 Å². The minimum absolute atomic E-state index is 0.0983. The zero-order chi connectivity index (χ0) is 20.2. The van der Waals surface area contributed by atoms with Crippen LogP contribution in [-0.2, 0) is 27.9 Å². The quantitative estimate of drug-likeness (QED) is 0.789. The SMILES string of the molecule is CC(C)(C)c1cc2c(c(C3COCCN3)c1)CN(C(=O)N1CC3CC(C1)O3)CC2. The van der Waals surface area contributed by atoms with Crippen molar-refractivity contribution < 1.29 is 14.3 Å². The van der Waals surface area contributed by atoms with Gasteiger partial charge in [0.25, 0.3) is 0 Å². The van der Waals surface area contributed by atoms with Crippen molar-refractivity contribution >= 4 is 6.03 Å². The Bertz CT molecular complexity index is 781. The summed E-state index contributed by atoms with van der Waals surface area (Å²) < 4.78 is 11.5. The summed E-state index contributed by atoms with van der Waals surface area (Å²) in [4.78, 5) is 17.2. The normalized spacial score (nSPS) is 29.3. The maximum atomic E-state index is 13.2. The average molecular weight is 400 g/mol. The van der Waals surface area contributed by atoms with Crippen LogP contribution in [0.15, 0.2) is 12.1 Å². The fourth-order valence-electron chi connectivity index (χ4n) is 5.08. The zero-order valence-electron chi connectivity index (χ0n) is 17.9. The second-order valence-corrected chi connectivity index (χ2v) is 10.0. The lowest BCUT2D eigenvalue weighted by Gasteiger charge is -2.48. The van der Waals surface area contributed by atoms with Crippen molar-refractivity contribution in [3.05, 3.63) is 34.4 Å². The van der Waals surface area contributed by atoms with Gasteiger partial charge in [0.05, 0.1) is 31.5 Å². The average Bonchev–Trinajstić information content (AvgIpc) is 2.71. The highest BCUT2D eigenvalue weighted by molar-refractivity contribution is 5.75. The number of benzene rings is 1. The number of carbonyl (C=O) groups is 1. The van der Waals surface area contributed by atoms with Gasteiger partial charge in [-0.15, -0.1) is 0 Å². The number of nitrogens with zero attached hydrogens (tertiary/aromatic N) is 2. The molecule has 158 valence electrons. The van der Waals surface area contributed by atoms with Crippen molar-refractivity contribution in [1.29, 1.82) is 0 Å². The maximum absolute atomic E-state index is 13.2. The summed E-state index contributed by atoms with van der Waals surface area (Å²) in [5.41, 5.74) is 5.50. The van der Waals surface area contributed by atoms with Gasteiger partial charge in [-0.1, -0.05) is 32.9 Å². The van der Waals surface area contributed by atoms with E-state index in [0.717, 1.165) is 45.6 Å². The van der Waals surface area contributed by atoms with Crippen molar-refractivity contribution in [3.8, 4) is 0 Å². The summed E-state index contributed by atoms with van der Waals surface area (Å²) in [6.45, 7) is 12.1. The van der Waals surface area contributed by atoms with Gasteiger partial charge in [-0.2, -0.15) is 0 Å². The second-order valence-electron chi connectivity index (χ2n) is 10.0. The fraction of sp³-hybridized carbons (Fsp3) is 0.696. The monoisotopic (exact) mass is 399 g/mol. The number of fused-ring (bicyclic) bond motifs is 3. The number of rotatable bonds is 1. The molecular weight excluding hydrogens is 366 g/mol. The Balaban J connectivity index is 1.43. The molecule has 4 saturated heterocycles. The lowest BCUT2D eigenvalue weighted by Crippen LogP contribution is -2.61. The van der Waals surface area contributed by atoms with Crippen molar-refractivity contribution in [1.82, 2.24) is 15.1 Å². The third-order valence-electron chi connectivity index (χ3n) is 6.84. The molecule has 1 aromatic carbocycles. The number of piperidine rings is 1. The van der Waals surface area contributed by atoms with Crippen LogP contribution < -0.4 is 5.32 Å². The number of hydrogen-bond donors (Lipinski definition) is 1. The predicted molar refractivity (Wildman–Crippen MR) is 111 cm³/mol. The third kappa shape index (κ3) is 3.66. The van der Waals surface area contributed by atoms with Crippen LogP contribution in [0, 0.1) is 0 Å². The van der Waals surface area contributed by atoms with Crippen molar-refractivity contribution in [3.63, 3.8) is 0 Å². The molecule has 2 amide bonds. The van der Waals surface area contributed by atoms with E-state index in [9.17, 15) is 4.79 Å². The molecule has 0 aromatic heterocycles. The number of urea groups is 1. The van der Waals surface area contributed by atoms with Gasteiger partial charge in [0, 0.05) is 39.1 Å². The lowest BCUT2D eigenvalue weighted by atomic mass is 9.80. The van der Waals surface area contributed by atoms with Crippen LogP contribution in [-0.4, -0.2) is 67.4 Å². The standard InChI is InChI=1S/C23H33N3O3/c1-23(2,3)16-8-15-4-6-25(22(27)26-11-17-10-18(12-26)29-17)13-20(15)19(9-16)21-14-28-7-5-24-21/h8-9,17-18,21,24H,4-7,10-14H2,1-3H3. The molecule has 5 heterocycles. The van der Waals surface area contributed by atoms with Gasteiger partial charge in [-0.25, -0.2) is 4.79 Å². The van der Waals surface area contributed by atoms with Gasteiger partial charge in [0.2, 0.25) is 0 Å². The topological polar surface area (TPSA) is 54.0 Å². The Labute approximate surface area is 173 Å². The van der Waals surface area contributed by atoms with E-state index in [-0.39, 0.29) is 29.7 Å². The smallest absolute Gasteiger partial charge is 0.320 e. The molecule has 0 aliphatic carbocycles. The molecule has 6 heteroatoms. The van der Waals surface area contributed by atoms with E-state index in [0.29, 0.717) is 13.2 Å². The molecule has 4 fully saturated rings. The highest BCUT2D eigenvalue weighted by Gasteiger charge is 2.41. The summed E-state index contributed by atoms with van der Waals surface area (Å²) >= 11 is 0. The third-order valence-corrected chi connectivity index (χ3v) is 6.84. The largest absolute Gasteiger partial charge is 0.378 e. The van der Waals surface area contributed by atoms with Gasteiger partial charge in [-0.3, -0.25) is 0 Å². The fourth-order valence-corrected chi connectivity index (χ4v) is 5.08. The second kappa shape index (κ2) is 7.25. The maximum Gasteiger partial charge on any atom is 0.320 e. The van der Waals surface area contributed by atoms with Crippen molar-refractivity contribution in [2.24, 2.45) is 0 Å². The van der Waals surface area contributed by atoms with Crippen LogP contribution >= 0.6 is 0 Å². The van der Waals surface area contributed by atoms with E-state index < -0.39 is 0 Å². The molecule has 3 unspecified atom stereocenters. The molecule has 6 nitrogen and oxygen atoms in total. The summed E-state index contributed by atoms with van der Waals surface area (Å²) in [6.07, 6.45) is 2.54. The lowest BCUT2D eigenvalue weighted by molar-refractivity contribution is -0.172. The first-order chi connectivity index (χ1) is 13.9. The molecule has 6 rings (SSSR count). The Morgan fingerprint density at radius 1 is 1.17 bits per heavy atom. The molecule has 5 aliphatic rings. The Morgan fingerprint density at radius 2 is 1.93 bits per heavy atom. The molecule has 2 bridgehead atoms. The number of nitrogens with one attached hydrogen (secondary N) is 1. The Kier molecular flexibility index (Phi) is 4.84. The molecule has 0 saturated carbocycles. The number of amides is 2. The van der Waals surface area contributed by atoms with Crippen LogP contribution in [0.3, 0.4) is 0 Å². The Hall–Kier alpha value is -1.63. The molecule has 1 aromatic rings. The van der Waals surface area contributed by atoms with Crippen molar-refractivity contribution in [2.75, 3.05) is 39.4 Å². The molecule has 29 heavy (non-hydrogen) atoms. The minimum atomic E-state index is 0.0983. The van der Waals surface area contributed by atoms with Gasteiger partial charge in [0.1, 0.15) is 0 Å². The van der Waals surface area contributed by atoms with Gasteiger partial charge < -0.3 is 24.6 Å². The van der Waals surface area contributed by atoms with E-state index in [1.54, 1.807) is 0 Å². The van der Waals surface area contributed by atoms with Gasteiger partial charge in [-0.05, 0) is 34.1 Å². The number of hydrogen-bond acceptors (Lipinski definition) is 4. The molecule has 0 radical (unpaired) electrons. The van der Waals surface area contributed by atoms with Gasteiger partial charge in [0.15, 0.2) is 0 Å². The number of ether oxygens (including phenoxy) is 2. The Morgan fingerprint density at radius 3 is 2.59 bits per heavy atom. The van der Waals surface area contributed by atoms with Gasteiger partial charge >= 0.3 is 6.03 Å². The molecular formula is C23H33N3O3. The zero-order valence-corrected chi connectivity index (χ0v) is 17.9. The van der Waals surface area contributed by atoms with E-state index in [4.69, 9.17) is 9.47 Å². The van der Waals surface area contributed by atoms with Crippen LogP contribution in [0.25, 0.3) is 0 Å². The first-order valence-electron chi connectivity index (χ1n) is 11.0. The summed E-state index contributed by atoms with van der Waals surface area (Å²) in [7, 11) is 0. The summed E-state index contributed by atoms with van der Waals surface area (Å²) in [6, 6.07) is 5.09. The number of carbonyl (C=O) groups excluding carboxylic acids is 1. The van der Waals surface area contributed by atoms with E-state index >= 15 is 0 Å². The first-order valence-corrected chi connectivity index (χ1v) is 11.0. The van der Waals surface area contributed by atoms with E-state index in [1.165, 1.54) is 22.3 Å². The number of morpholine rings is 2. The molecule has 3 atom stereocenters. The van der Waals surface area contributed by atoms with E-state index in [1.807, 2.05) is 9.80 Å². The summed E-state index contributed by atoms with van der Waals surface area (Å²) in [5, 5.41) is 3.63. The molecule has 0 spiro atoms. The van der Waals surface area contributed by atoms with Crippen LogP contribution in [0.4, 0.5) is 4.79 Å². The highest BCUT2D eigenvalue weighted by Crippen LogP contribution is 2.35. The van der Waals surface area contributed by atoms with Crippen molar-refractivity contribution in [2.45, 2.75) is 63.8 Å². The predicted octanol–water partition coefficient (Wildman–Crippen LogP) is 2.60. The van der Waals surface area contributed by atoms with E-state index in [2.05, 4.69) is 38.2 Å². The van der Waals surface area contributed by atoms with Crippen LogP contribution in [0.2, 0.25) is 0 Å². The highest BCUT2D eigenvalue weighted by atomic mass is 16.5. The summed E-state index contributed by atoms with van der Waals surface area (Å²) in [5.74, 6) is 0.